The zero-order valence-electron chi connectivity index (χ0n) is 46.3. The molecule has 0 aromatic rings. The summed E-state index contributed by atoms with van der Waals surface area (Å²) in [6.07, 6.45) is 28.4. The lowest BCUT2D eigenvalue weighted by molar-refractivity contribution is -0.161. The van der Waals surface area contributed by atoms with Crippen molar-refractivity contribution in [3.05, 3.63) is 0 Å². The minimum Gasteiger partial charge on any atom is -0.462 e. The molecule has 73 heavy (non-hydrogen) atoms. The molecule has 3 N–H and O–H groups in total. The lowest BCUT2D eigenvalue weighted by Gasteiger charge is -2.21. The van der Waals surface area contributed by atoms with Crippen molar-refractivity contribution < 1.29 is 80.2 Å². The van der Waals surface area contributed by atoms with Gasteiger partial charge in [0.05, 0.1) is 26.4 Å². The van der Waals surface area contributed by atoms with E-state index in [2.05, 4.69) is 34.6 Å². The molecule has 0 spiro atoms. The molecule has 0 radical (unpaired) electrons. The van der Waals surface area contributed by atoms with Crippen LogP contribution in [0.4, 0.5) is 0 Å². The molecule has 0 fully saturated rings. The van der Waals surface area contributed by atoms with Crippen LogP contribution < -0.4 is 0 Å². The van der Waals surface area contributed by atoms with Crippen molar-refractivity contribution in [2.45, 2.75) is 278 Å². The van der Waals surface area contributed by atoms with E-state index in [4.69, 9.17) is 37.0 Å². The van der Waals surface area contributed by atoms with Gasteiger partial charge in [0.15, 0.2) is 12.2 Å². The molecule has 17 nitrogen and oxygen atoms in total. The number of hydrogen-bond donors (Lipinski definition) is 3. The number of carbonyl (C=O) groups is 4. The van der Waals surface area contributed by atoms with Gasteiger partial charge < -0.3 is 33.8 Å². The highest BCUT2D eigenvalue weighted by atomic mass is 31.2. The van der Waals surface area contributed by atoms with Gasteiger partial charge in [-0.3, -0.25) is 37.3 Å². The van der Waals surface area contributed by atoms with Crippen molar-refractivity contribution in [2.75, 3.05) is 39.6 Å². The molecule has 432 valence electrons. The molecule has 0 aliphatic rings. The zero-order valence-corrected chi connectivity index (χ0v) is 48.0. The Kier molecular flexibility index (Phi) is 47.1. The smallest absolute Gasteiger partial charge is 0.462 e. The second kappa shape index (κ2) is 48.4. The van der Waals surface area contributed by atoms with Gasteiger partial charge in [0, 0.05) is 25.7 Å². The van der Waals surface area contributed by atoms with E-state index in [1.807, 2.05) is 0 Å². The highest BCUT2D eigenvalue weighted by Gasteiger charge is 2.30. The third-order valence-corrected chi connectivity index (χ3v) is 14.2. The van der Waals surface area contributed by atoms with Gasteiger partial charge in [-0.1, -0.05) is 208 Å². The van der Waals surface area contributed by atoms with E-state index in [-0.39, 0.29) is 25.7 Å². The number of aliphatic hydroxyl groups is 1. The van der Waals surface area contributed by atoms with Gasteiger partial charge in [-0.05, 0) is 31.6 Å². The molecule has 0 bridgehead atoms. The van der Waals surface area contributed by atoms with Crippen LogP contribution in [-0.2, 0) is 65.4 Å². The molecule has 0 aliphatic heterocycles. The Bertz CT molecular complexity index is 1450. The summed E-state index contributed by atoms with van der Waals surface area (Å²) in [7, 11) is -9.85. The first-order valence-electron chi connectivity index (χ1n) is 28.6. The van der Waals surface area contributed by atoms with Crippen LogP contribution in [0.1, 0.15) is 259 Å². The van der Waals surface area contributed by atoms with Crippen molar-refractivity contribution in [1.29, 1.82) is 0 Å². The fourth-order valence-electron chi connectivity index (χ4n) is 7.81. The quantitative estimate of drug-likeness (QED) is 0.0222. The summed E-state index contributed by atoms with van der Waals surface area (Å²) in [5.41, 5.74) is 0. The summed E-state index contributed by atoms with van der Waals surface area (Å²) < 4.78 is 67.3. The minimum atomic E-state index is -4.93. The largest absolute Gasteiger partial charge is 0.472 e. The van der Waals surface area contributed by atoms with Gasteiger partial charge in [0.2, 0.25) is 0 Å². The first kappa shape index (κ1) is 71.1. The molecule has 0 heterocycles. The number of phosphoric acid groups is 2. The maximum absolute atomic E-state index is 12.9. The number of carbonyl (C=O) groups excluding carboxylic acids is 4. The van der Waals surface area contributed by atoms with Gasteiger partial charge in [-0.2, -0.15) is 0 Å². The molecular weight excluding hydrogens is 983 g/mol. The van der Waals surface area contributed by atoms with E-state index in [1.165, 1.54) is 77.0 Å². The normalized spacial score (nSPS) is 14.5. The second-order valence-electron chi connectivity index (χ2n) is 20.1. The third-order valence-electron chi connectivity index (χ3n) is 12.3. The predicted octanol–water partition coefficient (Wildman–Crippen LogP) is 13.9. The van der Waals surface area contributed by atoms with Crippen LogP contribution in [0.15, 0.2) is 0 Å². The summed E-state index contributed by atoms with van der Waals surface area (Å²) in [5, 5.41) is 10.4. The lowest BCUT2D eigenvalue weighted by Crippen LogP contribution is -2.30. The number of unbranched alkanes of at least 4 members (excludes halogenated alkanes) is 26. The van der Waals surface area contributed by atoms with Crippen molar-refractivity contribution in [3.63, 3.8) is 0 Å². The highest BCUT2D eigenvalue weighted by molar-refractivity contribution is 7.47. The van der Waals surface area contributed by atoms with Crippen LogP contribution in [0.25, 0.3) is 0 Å². The van der Waals surface area contributed by atoms with Crippen molar-refractivity contribution >= 4 is 39.5 Å². The highest BCUT2D eigenvalue weighted by Crippen LogP contribution is 2.45. The number of esters is 4. The molecule has 0 amide bonds. The van der Waals surface area contributed by atoms with Gasteiger partial charge >= 0.3 is 39.5 Å². The van der Waals surface area contributed by atoms with E-state index >= 15 is 0 Å². The first-order valence-corrected chi connectivity index (χ1v) is 31.6. The van der Waals surface area contributed by atoms with E-state index in [0.717, 1.165) is 96.3 Å². The van der Waals surface area contributed by atoms with Crippen molar-refractivity contribution in [3.8, 4) is 0 Å². The average Bonchev–Trinajstić information content (AvgIpc) is 3.35. The molecule has 0 rings (SSSR count). The summed E-state index contributed by atoms with van der Waals surface area (Å²) in [6.45, 7) is 6.93. The summed E-state index contributed by atoms with van der Waals surface area (Å²) in [5.74, 6) is -1.47. The zero-order chi connectivity index (χ0) is 54.3. The molecule has 2 unspecified atom stereocenters. The fourth-order valence-corrected chi connectivity index (χ4v) is 9.39. The van der Waals surface area contributed by atoms with Gasteiger partial charge in [-0.25, -0.2) is 9.13 Å². The van der Waals surface area contributed by atoms with Crippen LogP contribution in [0, 0.1) is 5.92 Å². The number of rotatable bonds is 54. The SMILES string of the molecule is CCCCCCCCCCCC(=O)OC[C@H](COP(=O)(O)OC[C@@H](O)COP(=O)(O)OC[C@@H](COC(=O)CCCCCCC)OC(=O)CCCCCCCCCCC)OC(=O)CCCCCCCCCC(C)C. The maximum atomic E-state index is 12.9. The Morgan fingerprint density at radius 1 is 0.370 bits per heavy atom. The number of ether oxygens (including phenoxy) is 4. The molecule has 5 atom stereocenters. The van der Waals surface area contributed by atoms with E-state index in [0.29, 0.717) is 31.6 Å². The molecule has 0 saturated carbocycles. The van der Waals surface area contributed by atoms with Gasteiger partial charge in [0.1, 0.15) is 19.3 Å². The van der Waals surface area contributed by atoms with Crippen LogP contribution >= 0.6 is 15.6 Å². The van der Waals surface area contributed by atoms with Crippen LogP contribution in [0.3, 0.4) is 0 Å². The van der Waals surface area contributed by atoms with Gasteiger partial charge in [0.25, 0.3) is 0 Å². The van der Waals surface area contributed by atoms with Crippen molar-refractivity contribution in [1.82, 2.24) is 0 Å². The average molecular weight is 1090 g/mol. The Morgan fingerprint density at radius 2 is 0.630 bits per heavy atom. The van der Waals surface area contributed by atoms with Crippen LogP contribution in [0.5, 0.6) is 0 Å². The molecule has 0 aliphatic carbocycles. The monoisotopic (exact) mass is 1090 g/mol. The van der Waals surface area contributed by atoms with E-state index in [9.17, 15) is 43.2 Å². The fraction of sp³-hybridized carbons (Fsp3) is 0.926. The topological polar surface area (TPSA) is 237 Å². The number of aliphatic hydroxyl groups excluding tert-OH is 1. The summed E-state index contributed by atoms with van der Waals surface area (Å²) >= 11 is 0. The Hall–Kier alpha value is -1.94. The predicted molar refractivity (Wildman–Crippen MR) is 285 cm³/mol. The lowest BCUT2D eigenvalue weighted by atomic mass is 10.0. The molecule has 0 saturated heterocycles. The first-order chi connectivity index (χ1) is 35.0. The summed E-state index contributed by atoms with van der Waals surface area (Å²) in [6, 6.07) is 0. The number of phosphoric ester groups is 2. The standard InChI is InChI=1S/C54H104O17P2/c1-6-9-12-15-17-19-23-28-33-38-52(57)65-44-50(71-54(59)40-35-30-25-21-22-27-31-36-47(4)5)46-69-73(62,63)67-42-48(55)41-66-72(60,61)68-45-49(43-64-51(56)37-32-26-14-11-8-3)70-53(58)39-34-29-24-20-18-16-13-10-7-2/h47-50,55H,6-46H2,1-5H3,(H,60,61)(H,62,63)/t48-,49+,50+/m0/s1. The van der Waals surface area contributed by atoms with E-state index < -0.39 is 97.5 Å². The van der Waals surface area contributed by atoms with Crippen molar-refractivity contribution in [2.24, 2.45) is 5.92 Å². The maximum Gasteiger partial charge on any atom is 0.472 e. The van der Waals surface area contributed by atoms with E-state index in [1.54, 1.807) is 0 Å². The molecule has 0 aromatic heterocycles. The summed E-state index contributed by atoms with van der Waals surface area (Å²) in [4.78, 5) is 71.4. The Morgan fingerprint density at radius 3 is 0.932 bits per heavy atom. The van der Waals surface area contributed by atoms with Crippen LogP contribution in [-0.4, -0.2) is 96.7 Å². The molecule has 0 aromatic carbocycles. The number of hydrogen-bond acceptors (Lipinski definition) is 15. The Labute approximate surface area is 441 Å². The minimum absolute atomic E-state index is 0.103. The third kappa shape index (κ3) is 49.4. The Balaban J connectivity index is 5.18. The second-order valence-corrected chi connectivity index (χ2v) is 23.0. The van der Waals surface area contributed by atoms with Gasteiger partial charge in [-0.15, -0.1) is 0 Å². The molecular formula is C54H104O17P2. The molecule has 19 heteroatoms. The van der Waals surface area contributed by atoms with Crippen LogP contribution in [0.2, 0.25) is 0 Å².